The first-order valence-corrected chi connectivity index (χ1v) is 12.4. The van der Waals surface area contributed by atoms with Crippen molar-refractivity contribution in [3.8, 4) is 11.5 Å². The summed E-state index contributed by atoms with van der Waals surface area (Å²) in [6.45, 7) is 6.31. The zero-order valence-electron chi connectivity index (χ0n) is 19.9. The van der Waals surface area contributed by atoms with Gasteiger partial charge in [0.25, 0.3) is 0 Å². The lowest BCUT2D eigenvalue weighted by Crippen LogP contribution is -2.14. The normalized spacial score (nSPS) is 12.3. The Hall–Kier alpha value is -2.98. The maximum atomic E-state index is 6.24. The molecule has 0 saturated heterocycles. The summed E-state index contributed by atoms with van der Waals surface area (Å²) in [5.41, 5.74) is 3.65. The van der Waals surface area contributed by atoms with Gasteiger partial charge >= 0.3 is 0 Å². The van der Waals surface area contributed by atoms with Crippen LogP contribution in [0.5, 0.6) is 0 Å². The molecule has 0 radical (unpaired) electrons. The van der Waals surface area contributed by atoms with Crippen molar-refractivity contribution >= 4 is 10.8 Å². The molecule has 0 spiro atoms. The number of rotatable bonds is 12. The lowest BCUT2D eigenvalue weighted by Gasteiger charge is -2.15. The van der Waals surface area contributed by atoms with Crippen LogP contribution in [0.2, 0.25) is 0 Å². The maximum Gasteiger partial charge on any atom is 0.248 e. The fourth-order valence-corrected chi connectivity index (χ4v) is 4.51. The minimum absolute atomic E-state index is 0.398. The molecule has 4 nitrogen and oxygen atoms in total. The van der Waals surface area contributed by atoms with E-state index in [9.17, 15) is 0 Å². The zero-order chi connectivity index (χ0) is 22.9. The van der Waals surface area contributed by atoms with E-state index in [2.05, 4.69) is 96.1 Å². The first-order valence-electron chi connectivity index (χ1n) is 12.4. The van der Waals surface area contributed by atoms with Crippen LogP contribution in [0, 0.1) is 0 Å². The van der Waals surface area contributed by atoms with Crippen LogP contribution >= 0.6 is 0 Å². The Bertz CT molecular complexity index is 1140. The average Bonchev–Trinajstić information content (AvgIpc) is 3.32. The lowest BCUT2D eigenvalue weighted by atomic mass is 9.90. The van der Waals surface area contributed by atoms with Gasteiger partial charge in [-0.15, -0.1) is 10.2 Å². The molecule has 4 rings (SSSR count). The van der Waals surface area contributed by atoms with E-state index in [-0.39, 0.29) is 0 Å². The monoisotopic (exact) mass is 441 g/mol. The summed E-state index contributed by atoms with van der Waals surface area (Å²) < 4.78 is 6.24. The number of nitrogens with zero attached hydrogens (tertiary/aromatic N) is 2. The van der Waals surface area contributed by atoms with E-state index in [0.717, 1.165) is 43.3 Å². The van der Waals surface area contributed by atoms with Crippen LogP contribution in [0.4, 0.5) is 0 Å². The molecule has 0 fully saturated rings. The second-order valence-corrected chi connectivity index (χ2v) is 8.80. The van der Waals surface area contributed by atoms with Crippen LogP contribution in [0.1, 0.15) is 68.9 Å². The van der Waals surface area contributed by atoms with E-state index in [1.807, 2.05) is 0 Å². The number of benzene rings is 3. The first kappa shape index (κ1) is 23.2. The minimum atomic E-state index is 0.398. The Balaban J connectivity index is 1.58. The van der Waals surface area contributed by atoms with Crippen LogP contribution < -0.4 is 5.32 Å². The molecule has 1 aromatic heterocycles. The van der Waals surface area contributed by atoms with Crippen LogP contribution in [-0.4, -0.2) is 16.7 Å². The SMILES string of the molecule is CCCCCC(Cc1nnc(-c2ccc(CNCCC)c3ccccc23)o1)c1ccccc1. The standard InChI is InChI=1S/C29H35N3O/c1-3-5-7-14-23(22-12-8-6-9-13-22)20-28-31-32-29(33-28)27-18-17-24(21-30-19-4-2)25-15-10-11-16-26(25)27/h6,8-13,15-18,23,30H,3-5,7,14,19-21H2,1-2H3. The molecular formula is C29H35N3O. The van der Waals surface area contributed by atoms with Crippen molar-refractivity contribution in [2.24, 2.45) is 0 Å². The highest BCUT2D eigenvalue weighted by atomic mass is 16.4. The highest BCUT2D eigenvalue weighted by Gasteiger charge is 2.18. The first-order chi connectivity index (χ1) is 16.3. The highest BCUT2D eigenvalue weighted by Crippen LogP contribution is 2.32. The van der Waals surface area contributed by atoms with Crippen molar-refractivity contribution in [3.63, 3.8) is 0 Å². The molecule has 0 amide bonds. The van der Waals surface area contributed by atoms with Crippen molar-refractivity contribution in [2.75, 3.05) is 6.54 Å². The largest absolute Gasteiger partial charge is 0.421 e. The van der Waals surface area contributed by atoms with Gasteiger partial charge in [-0.1, -0.05) is 93.8 Å². The van der Waals surface area contributed by atoms with Crippen molar-refractivity contribution in [2.45, 2.75) is 64.8 Å². The number of hydrogen-bond acceptors (Lipinski definition) is 4. The van der Waals surface area contributed by atoms with Crippen LogP contribution in [-0.2, 0) is 13.0 Å². The molecule has 0 bridgehead atoms. The molecule has 1 N–H and O–H groups in total. The van der Waals surface area contributed by atoms with Gasteiger partial charge in [-0.25, -0.2) is 0 Å². The second kappa shape index (κ2) is 11.8. The third-order valence-corrected chi connectivity index (χ3v) is 6.30. The molecule has 1 heterocycles. The van der Waals surface area contributed by atoms with Crippen molar-refractivity contribution in [1.29, 1.82) is 0 Å². The molecule has 1 atom stereocenters. The molecule has 33 heavy (non-hydrogen) atoms. The zero-order valence-corrected chi connectivity index (χ0v) is 19.9. The maximum absolute atomic E-state index is 6.24. The Morgan fingerprint density at radius 1 is 0.818 bits per heavy atom. The molecule has 4 heteroatoms. The number of nitrogens with one attached hydrogen (secondary N) is 1. The van der Waals surface area contributed by atoms with Gasteiger partial charge in [-0.3, -0.25) is 0 Å². The van der Waals surface area contributed by atoms with E-state index >= 15 is 0 Å². The lowest BCUT2D eigenvalue weighted by molar-refractivity contribution is 0.461. The van der Waals surface area contributed by atoms with E-state index in [0.29, 0.717) is 17.7 Å². The molecule has 4 aromatic rings. The van der Waals surface area contributed by atoms with Gasteiger partial charge < -0.3 is 9.73 Å². The van der Waals surface area contributed by atoms with Gasteiger partial charge in [0.15, 0.2) is 0 Å². The van der Waals surface area contributed by atoms with E-state index in [1.165, 1.54) is 35.8 Å². The quantitative estimate of drug-likeness (QED) is 0.234. The van der Waals surface area contributed by atoms with Gasteiger partial charge in [-0.05, 0) is 53.3 Å². The molecular weight excluding hydrogens is 406 g/mol. The number of unbranched alkanes of at least 4 members (excludes halogenated alkanes) is 2. The molecule has 0 saturated carbocycles. The minimum Gasteiger partial charge on any atom is -0.421 e. The summed E-state index contributed by atoms with van der Waals surface area (Å²) in [6.07, 6.45) is 6.74. The van der Waals surface area contributed by atoms with Gasteiger partial charge in [0.2, 0.25) is 11.8 Å². The average molecular weight is 442 g/mol. The Labute approximate surface area is 197 Å². The fraction of sp³-hybridized carbons (Fsp3) is 0.379. The van der Waals surface area contributed by atoms with Crippen LogP contribution in [0.15, 0.2) is 71.1 Å². The Kier molecular flexibility index (Phi) is 8.26. The summed E-state index contributed by atoms with van der Waals surface area (Å²) in [5.74, 6) is 1.72. The molecule has 172 valence electrons. The number of hydrogen-bond donors (Lipinski definition) is 1. The van der Waals surface area contributed by atoms with Crippen molar-refractivity contribution < 1.29 is 4.42 Å². The molecule has 0 aliphatic rings. The van der Waals surface area contributed by atoms with E-state index in [4.69, 9.17) is 4.42 Å². The molecule has 3 aromatic carbocycles. The van der Waals surface area contributed by atoms with Gasteiger partial charge in [0, 0.05) is 18.5 Å². The van der Waals surface area contributed by atoms with Crippen molar-refractivity contribution in [1.82, 2.24) is 15.5 Å². The third kappa shape index (κ3) is 5.88. The predicted octanol–water partition coefficient (Wildman–Crippen LogP) is 7.30. The fourth-order valence-electron chi connectivity index (χ4n) is 4.51. The summed E-state index contributed by atoms with van der Waals surface area (Å²) in [7, 11) is 0. The molecule has 0 aliphatic carbocycles. The van der Waals surface area contributed by atoms with Crippen LogP contribution in [0.25, 0.3) is 22.2 Å². The van der Waals surface area contributed by atoms with Gasteiger partial charge in [0.05, 0.1) is 0 Å². The van der Waals surface area contributed by atoms with Gasteiger partial charge in [-0.2, -0.15) is 0 Å². The third-order valence-electron chi connectivity index (χ3n) is 6.30. The summed E-state index contributed by atoms with van der Waals surface area (Å²) in [5, 5.41) is 14.8. The van der Waals surface area contributed by atoms with Crippen molar-refractivity contribution in [3.05, 3.63) is 83.7 Å². The smallest absolute Gasteiger partial charge is 0.248 e. The van der Waals surface area contributed by atoms with Gasteiger partial charge in [0.1, 0.15) is 0 Å². The summed E-state index contributed by atoms with van der Waals surface area (Å²) in [4.78, 5) is 0. The Morgan fingerprint density at radius 2 is 1.61 bits per heavy atom. The number of aromatic nitrogens is 2. The molecule has 0 aliphatic heterocycles. The highest BCUT2D eigenvalue weighted by molar-refractivity contribution is 5.96. The Morgan fingerprint density at radius 3 is 2.39 bits per heavy atom. The van der Waals surface area contributed by atoms with E-state index in [1.54, 1.807) is 0 Å². The van der Waals surface area contributed by atoms with Crippen LogP contribution in [0.3, 0.4) is 0 Å². The summed E-state index contributed by atoms with van der Waals surface area (Å²) in [6, 6.07) is 23.5. The molecule has 1 unspecified atom stereocenters. The second-order valence-electron chi connectivity index (χ2n) is 8.80. The predicted molar refractivity (Wildman–Crippen MR) is 136 cm³/mol. The van der Waals surface area contributed by atoms with E-state index < -0.39 is 0 Å². The summed E-state index contributed by atoms with van der Waals surface area (Å²) >= 11 is 0. The number of fused-ring (bicyclic) bond motifs is 1. The topological polar surface area (TPSA) is 51.0 Å².